The van der Waals surface area contributed by atoms with Crippen molar-refractivity contribution in [1.29, 1.82) is 0 Å². The maximum Gasteiger partial charge on any atom is 0.343 e. The van der Waals surface area contributed by atoms with E-state index in [1.54, 1.807) is 36.4 Å². The Hall–Kier alpha value is -5.11. The number of carbonyl (C=O) groups excluding carboxylic acids is 2. The van der Waals surface area contributed by atoms with Crippen LogP contribution < -0.4 is 24.4 Å². The van der Waals surface area contributed by atoms with Crippen molar-refractivity contribution in [2.24, 2.45) is 5.10 Å². The Balaban J connectivity index is 1.51. The van der Waals surface area contributed by atoms with Crippen molar-refractivity contribution >= 4 is 28.9 Å². The third-order valence-electron chi connectivity index (χ3n) is 5.83. The first-order valence-electron chi connectivity index (χ1n) is 12.1. The molecule has 0 fully saturated rings. The molecule has 4 aromatic rings. The first-order chi connectivity index (χ1) is 19.0. The largest absolute Gasteiger partial charge is 0.493 e. The third-order valence-corrected chi connectivity index (χ3v) is 5.83. The van der Waals surface area contributed by atoms with Crippen molar-refractivity contribution < 1.29 is 28.5 Å². The molecule has 8 heteroatoms. The highest BCUT2D eigenvalue weighted by molar-refractivity contribution is 6.04. The van der Waals surface area contributed by atoms with E-state index in [1.807, 2.05) is 48.5 Å². The van der Waals surface area contributed by atoms with Crippen LogP contribution in [0.2, 0.25) is 0 Å². The predicted octanol–water partition coefficient (Wildman–Crippen LogP) is 5.33. The van der Waals surface area contributed by atoms with Gasteiger partial charge in [-0.25, -0.2) is 10.2 Å². The molecule has 0 radical (unpaired) electrons. The zero-order chi connectivity index (χ0) is 27.6. The van der Waals surface area contributed by atoms with Gasteiger partial charge in [-0.05, 0) is 53.1 Å². The monoisotopic (exact) mass is 524 g/mol. The minimum absolute atomic E-state index is 0.220. The maximum atomic E-state index is 13.0. The molecule has 0 aliphatic rings. The lowest BCUT2D eigenvalue weighted by atomic mass is 10.0. The van der Waals surface area contributed by atoms with E-state index < -0.39 is 11.9 Å². The SMILES string of the molecule is C=CCc1ccccc1OCC(=O)N/N=C\c1c(OC(=O)c2ccc(OC)c(OC)c2)ccc2ccccc12. The first kappa shape index (κ1) is 26.9. The molecule has 0 heterocycles. The van der Waals surface area contributed by atoms with Crippen molar-refractivity contribution in [1.82, 2.24) is 5.43 Å². The molecule has 39 heavy (non-hydrogen) atoms. The molecule has 1 amide bonds. The standard InChI is InChI=1S/C31H28N2O6/c1-4-9-22-11-6-8-13-26(22)38-20-30(34)33-32-19-25-24-12-7-5-10-21(24)14-16-27(25)39-31(35)23-15-17-28(36-2)29(18-23)37-3/h4-8,10-19H,1,9,20H2,2-3H3,(H,33,34)/b32-19-. The van der Waals surface area contributed by atoms with Crippen LogP contribution in [0.15, 0.2) is 96.6 Å². The molecule has 0 bridgehead atoms. The summed E-state index contributed by atoms with van der Waals surface area (Å²) in [5.74, 6) is 0.761. The Kier molecular flexibility index (Phi) is 8.92. The van der Waals surface area contributed by atoms with Crippen LogP contribution in [-0.4, -0.2) is 38.9 Å². The third kappa shape index (κ3) is 6.61. The van der Waals surface area contributed by atoms with Crippen molar-refractivity contribution in [2.45, 2.75) is 6.42 Å². The maximum absolute atomic E-state index is 13.0. The smallest absolute Gasteiger partial charge is 0.343 e. The number of methoxy groups -OCH3 is 2. The molecule has 1 N–H and O–H groups in total. The van der Waals surface area contributed by atoms with Gasteiger partial charge in [-0.1, -0.05) is 54.6 Å². The van der Waals surface area contributed by atoms with E-state index >= 15 is 0 Å². The summed E-state index contributed by atoms with van der Waals surface area (Å²) >= 11 is 0. The van der Waals surface area contributed by atoms with Crippen LogP contribution in [0.25, 0.3) is 10.8 Å². The molecule has 0 saturated heterocycles. The lowest BCUT2D eigenvalue weighted by molar-refractivity contribution is -0.123. The number of amides is 1. The molecule has 0 saturated carbocycles. The van der Waals surface area contributed by atoms with Crippen LogP contribution in [0.3, 0.4) is 0 Å². The second-order valence-corrected chi connectivity index (χ2v) is 8.34. The summed E-state index contributed by atoms with van der Waals surface area (Å²) in [6.07, 6.45) is 3.84. The molecule has 0 aromatic heterocycles. The average Bonchev–Trinajstić information content (AvgIpc) is 2.97. The van der Waals surface area contributed by atoms with E-state index in [1.165, 1.54) is 20.4 Å². The number of allylic oxidation sites excluding steroid dienone is 1. The zero-order valence-electron chi connectivity index (χ0n) is 21.7. The van der Waals surface area contributed by atoms with Crippen LogP contribution in [-0.2, 0) is 11.2 Å². The molecule has 0 atom stereocenters. The van der Waals surface area contributed by atoms with Gasteiger partial charge in [0.1, 0.15) is 11.5 Å². The summed E-state index contributed by atoms with van der Waals surface area (Å²) in [7, 11) is 3.01. The molecule has 8 nitrogen and oxygen atoms in total. The van der Waals surface area contributed by atoms with E-state index in [2.05, 4.69) is 17.1 Å². The van der Waals surface area contributed by atoms with Gasteiger partial charge in [-0.2, -0.15) is 5.10 Å². The number of para-hydroxylation sites is 1. The molecule has 4 aromatic carbocycles. The number of rotatable bonds is 11. The van der Waals surface area contributed by atoms with Gasteiger partial charge in [0.25, 0.3) is 5.91 Å². The van der Waals surface area contributed by atoms with Gasteiger partial charge in [-0.15, -0.1) is 6.58 Å². The Labute approximate surface area is 226 Å². The van der Waals surface area contributed by atoms with E-state index in [9.17, 15) is 9.59 Å². The van der Waals surface area contributed by atoms with Crippen LogP contribution in [0.1, 0.15) is 21.5 Å². The molecular formula is C31H28N2O6. The molecule has 4 rings (SSSR count). The first-order valence-corrected chi connectivity index (χ1v) is 12.1. The number of hydrazone groups is 1. The summed E-state index contributed by atoms with van der Waals surface area (Å²) < 4.78 is 21.9. The summed E-state index contributed by atoms with van der Waals surface area (Å²) in [5.41, 5.74) is 4.21. The van der Waals surface area contributed by atoms with Crippen molar-refractivity contribution in [2.75, 3.05) is 20.8 Å². The van der Waals surface area contributed by atoms with Gasteiger partial charge < -0.3 is 18.9 Å². The highest BCUT2D eigenvalue weighted by Gasteiger charge is 2.16. The molecule has 0 spiro atoms. The second kappa shape index (κ2) is 12.9. The Morgan fingerprint density at radius 1 is 0.872 bits per heavy atom. The molecule has 198 valence electrons. The van der Waals surface area contributed by atoms with Gasteiger partial charge in [0.2, 0.25) is 0 Å². The Bertz CT molecular complexity index is 1530. The quantitative estimate of drug-likeness (QED) is 0.0937. The zero-order valence-corrected chi connectivity index (χ0v) is 21.7. The number of esters is 1. The molecule has 0 aliphatic heterocycles. The minimum Gasteiger partial charge on any atom is -0.493 e. The van der Waals surface area contributed by atoms with Crippen molar-refractivity contribution in [3.05, 3.63) is 108 Å². The Morgan fingerprint density at radius 3 is 2.41 bits per heavy atom. The van der Waals surface area contributed by atoms with Crippen LogP contribution in [0.4, 0.5) is 0 Å². The molecule has 0 unspecified atom stereocenters. The van der Waals surface area contributed by atoms with Gasteiger partial charge in [-0.3, -0.25) is 4.79 Å². The summed E-state index contributed by atoms with van der Waals surface area (Å²) in [5, 5.41) is 5.81. The fourth-order valence-corrected chi connectivity index (χ4v) is 3.93. The van der Waals surface area contributed by atoms with Crippen LogP contribution in [0.5, 0.6) is 23.0 Å². The topological polar surface area (TPSA) is 95.5 Å². The van der Waals surface area contributed by atoms with E-state index in [0.717, 1.165) is 16.3 Å². The summed E-state index contributed by atoms with van der Waals surface area (Å²) in [6, 6.07) is 23.3. The number of ether oxygens (including phenoxy) is 4. The highest BCUT2D eigenvalue weighted by atomic mass is 16.5. The minimum atomic E-state index is -0.587. The van der Waals surface area contributed by atoms with E-state index in [0.29, 0.717) is 29.2 Å². The highest BCUT2D eigenvalue weighted by Crippen LogP contribution is 2.30. The van der Waals surface area contributed by atoms with Gasteiger partial charge in [0, 0.05) is 5.56 Å². The number of nitrogens with zero attached hydrogens (tertiary/aromatic N) is 1. The van der Waals surface area contributed by atoms with Gasteiger partial charge in [0.05, 0.1) is 26.0 Å². The number of benzene rings is 4. The summed E-state index contributed by atoms with van der Waals surface area (Å²) in [4.78, 5) is 25.4. The average molecular weight is 525 g/mol. The lowest BCUT2D eigenvalue weighted by Crippen LogP contribution is -2.25. The normalized spacial score (nSPS) is 10.7. The summed E-state index contributed by atoms with van der Waals surface area (Å²) in [6.45, 7) is 3.52. The lowest BCUT2D eigenvalue weighted by Gasteiger charge is -2.12. The Morgan fingerprint density at radius 2 is 1.62 bits per heavy atom. The van der Waals surface area contributed by atoms with Gasteiger partial charge >= 0.3 is 5.97 Å². The number of fused-ring (bicyclic) bond motifs is 1. The number of hydrogen-bond donors (Lipinski definition) is 1. The van der Waals surface area contributed by atoms with Crippen LogP contribution in [0, 0.1) is 0 Å². The fourth-order valence-electron chi connectivity index (χ4n) is 3.93. The predicted molar refractivity (Wildman–Crippen MR) is 150 cm³/mol. The van der Waals surface area contributed by atoms with E-state index in [-0.39, 0.29) is 17.9 Å². The number of carbonyl (C=O) groups is 2. The van der Waals surface area contributed by atoms with Gasteiger partial charge in [0.15, 0.2) is 18.1 Å². The molecular weight excluding hydrogens is 496 g/mol. The fraction of sp³-hybridized carbons (Fsp3) is 0.129. The number of nitrogens with one attached hydrogen (secondary N) is 1. The second-order valence-electron chi connectivity index (χ2n) is 8.34. The van der Waals surface area contributed by atoms with Crippen molar-refractivity contribution in [3.63, 3.8) is 0 Å². The molecule has 0 aliphatic carbocycles. The van der Waals surface area contributed by atoms with E-state index in [4.69, 9.17) is 18.9 Å². The van der Waals surface area contributed by atoms with Crippen LogP contribution >= 0.6 is 0 Å². The van der Waals surface area contributed by atoms with Crippen molar-refractivity contribution in [3.8, 4) is 23.0 Å². The number of hydrogen-bond acceptors (Lipinski definition) is 7.